The van der Waals surface area contributed by atoms with Gasteiger partial charge in [0.2, 0.25) is 0 Å². The fraction of sp³-hybridized carbons (Fsp3) is 0.421. The normalized spacial score (nSPS) is 14.4. The molecule has 3 heterocycles. The third-order valence-corrected chi connectivity index (χ3v) is 4.41. The first kappa shape index (κ1) is 19.5. The summed E-state index contributed by atoms with van der Waals surface area (Å²) in [6, 6.07) is 5.73. The van der Waals surface area contributed by atoms with Gasteiger partial charge in [-0.05, 0) is 31.9 Å². The van der Waals surface area contributed by atoms with E-state index in [9.17, 15) is 9.59 Å². The minimum Gasteiger partial charge on any atom is -0.450 e. The summed E-state index contributed by atoms with van der Waals surface area (Å²) < 4.78 is 5.02. The first-order valence-corrected chi connectivity index (χ1v) is 9.34. The molecule has 2 amide bonds. The number of pyridine rings is 1. The number of anilines is 1. The van der Waals surface area contributed by atoms with Gasteiger partial charge in [0, 0.05) is 25.3 Å². The molecular formula is C19H24N6O3. The Hall–Kier alpha value is -3.23. The summed E-state index contributed by atoms with van der Waals surface area (Å²) in [6.07, 6.45) is 6.01. The number of carbonyl (C=O) groups excluding carboxylic acids is 2. The second-order valence-corrected chi connectivity index (χ2v) is 6.40. The van der Waals surface area contributed by atoms with Gasteiger partial charge in [-0.15, -0.1) is 0 Å². The van der Waals surface area contributed by atoms with E-state index in [1.54, 1.807) is 24.2 Å². The van der Waals surface area contributed by atoms with Crippen molar-refractivity contribution in [2.24, 2.45) is 0 Å². The minimum atomic E-state index is -0.299. The van der Waals surface area contributed by atoms with Crippen LogP contribution in [0.25, 0.3) is 0 Å². The smallest absolute Gasteiger partial charge is 0.409 e. The van der Waals surface area contributed by atoms with Crippen LogP contribution in [0.4, 0.5) is 10.6 Å². The average molecular weight is 384 g/mol. The molecule has 1 saturated heterocycles. The highest BCUT2D eigenvalue weighted by Crippen LogP contribution is 2.15. The van der Waals surface area contributed by atoms with Crippen molar-refractivity contribution in [3.63, 3.8) is 0 Å². The molecule has 1 aliphatic heterocycles. The summed E-state index contributed by atoms with van der Waals surface area (Å²) in [5.41, 5.74) is 1.02. The molecule has 0 aromatic carbocycles. The van der Waals surface area contributed by atoms with Gasteiger partial charge in [-0.2, -0.15) is 0 Å². The third-order valence-electron chi connectivity index (χ3n) is 4.41. The average Bonchev–Trinajstić information content (AvgIpc) is 2.74. The van der Waals surface area contributed by atoms with Gasteiger partial charge >= 0.3 is 6.09 Å². The monoisotopic (exact) mass is 384 g/mol. The Kier molecular flexibility index (Phi) is 6.72. The molecule has 2 N–H and O–H groups in total. The van der Waals surface area contributed by atoms with Crippen LogP contribution in [0.1, 0.15) is 35.9 Å². The van der Waals surface area contributed by atoms with Crippen LogP contribution in [-0.4, -0.2) is 57.6 Å². The van der Waals surface area contributed by atoms with Gasteiger partial charge in [0.15, 0.2) is 0 Å². The Balaban J connectivity index is 1.45. The van der Waals surface area contributed by atoms with Gasteiger partial charge in [0.1, 0.15) is 11.5 Å². The predicted octanol–water partition coefficient (Wildman–Crippen LogP) is 1.83. The Morgan fingerprint density at radius 2 is 2.00 bits per heavy atom. The molecule has 1 aliphatic rings. The van der Waals surface area contributed by atoms with Gasteiger partial charge < -0.3 is 20.3 Å². The summed E-state index contributed by atoms with van der Waals surface area (Å²) in [5.74, 6) is 0.309. The minimum absolute atomic E-state index is 0.198. The molecular weight excluding hydrogens is 360 g/mol. The van der Waals surface area contributed by atoms with E-state index in [-0.39, 0.29) is 23.7 Å². The summed E-state index contributed by atoms with van der Waals surface area (Å²) in [6.45, 7) is 3.79. The van der Waals surface area contributed by atoms with E-state index in [2.05, 4.69) is 25.6 Å². The lowest BCUT2D eigenvalue weighted by atomic mass is 10.1. The van der Waals surface area contributed by atoms with E-state index >= 15 is 0 Å². The van der Waals surface area contributed by atoms with Crippen molar-refractivity contribution < 1.29 is 14.3 Å². The number of piperidine rings is 1. The molecule has 0 atom stereocenters. The summed E-state index contributed by atoms with van der Waals surface area (Å²) >= 11 is 0. The van der Waals surface area contributed by atoms with Gasteiger partial charge in [0.05, 0.1) is 31.2 Å². The van der Waals surface area contributed by atoms with Crippen molar-refractivity contribution in [3.05, 3.63) is 48.2 Å². The molecule has 0 radical (unpaired) electrons. The third kappa shape index (κ3) is 5.38. The highest BCUT2D eigenvalue weighted by Gasteiger charge is 2.23. The van der Waals surface area contributed by atoms with Crippen LogP contribution in [-0.2, 0) is 11.3 Å². The SMILES string of the molecule is CCOC(=O)N1CCC(Nc2cnc(C(=O)NCc3ccccn3)cn2)CC1. The number of amides is 2. The molecule has 0 unspecified atom stereocenters. The van der Waals surface area contributed by atoms with Crippen molar-refractivity contribution in [1.29, 1.82) is 0 Å². The van der Waals surface area contributed by atoms with Crippen molar-refractivity contribution in [2.75, 3.05) is 25.0 Å². The lowest BCUT2D eigenvalue weighted by Gasteiger charge is -2.31. The Bertz CT molecular complexity index is 776. The van der Waals surface area contributed by atoms with E-state index in [0.717, 1.165) is 18.5 Å². The molecule has 0 bridgehead atoms. The summed E-state index contributed by atoms with van der Waals surface area (Å²) in [5, 5.41) is 6.07. The van der Waals surface area contributed by atoms with Crippen LogP contribution in [0.15, 0.2) is 36.8 Å². The maximum atomic E-state index is 12.2. The summed E-state index contributed by atoms with van der Waals surface area (Å²) in [4.78, 5) is 38.2. The number of ether oxygens (including phenoxy) is 1. The van der Waals surface area contributed by atoms with Crippen LogP contribution in [0.2, 0.25) is 0 Å². The number of nitrogens with zero attached hydrogens (tertiary/aromatic N) is 4. The molecule has 28 heavy (non-hydrogen) atoms. The maximum absolute atomic E-state index is 12.2. The zero-order valence-corrected chi connectivity index (χ0v) is 15.8. The second kappa shape index (κ2) is 9.63. The van der Waals surface area contributed by atoms with Crippen LogP contribution in [0.5, 0.6) is 0 Å². The van der Waals surface area contributed by atoms with Gasteiger partial charge in [-0.25, -0.2) is 14.8 Å². The van der Waals surface area contributed by atoms with Gasteiger partial charge in [0.25, 0.3) is 5.91 Å². The first-order valence-electron chi connectivity index (χ1n) is 9.34. The fourth-order valence-electron chi connectivity index (χ4n) is 2.91. The van der Waals surface area contributed by atoms with Crippen molar-refractivity contribution in [1.82, 2.24) is 25.2 Å². The summed E-state index contributed by atoms with van der Waals surface area (Å²) in [7, 11) is 0. The largest absolute Gasteiger partial charge is 0.450 e. The predicted molar refractivity (Wildman–Crippen MR) is 103 cm³/mol. The Morgan fingerprint density at radius 1 is 1.18 bits per heavy atom. The van der Waals surface area contributed by atoms with Crippen molar-refractivity contribution in [2.45, 2.75) is 32.4 Å². The lowest BCUT2D eigenvalue weighted by Crippen LogP contribution is -2.42. The van der Waals surface area contributed by atoms with E-state index in [1.807, 2.05) is 18.2 Å². The van der Waals surface area contributed by atoms with Crippen molar-refractivity contribution >= 4 is 17.8 Å². The molecule has 148 valence electrons. The molecule has 0 aliphatic carbocycles. The molecule has 9 nitrogen and oxygen atoms in total. The molecule has 0 saturated carbocycles. The number of carbonyl (C=O) groups is 2. The van der Waals surface area contributed by atoms with E-state index < -0.39 is 0 Å². The number of likely N-dealkylation sites (tertiary alicyclic amines) is 1. The number of aromatic nitrogens is 3. The van der Waals surface area contributed by atoms with Crippen molar-refractivity contribution in [3.8, 4) is 0 Å². The first-order chi connectivity index (χ1) is 13.7. The molecule has 1 fully saturated rings. The molecule has 3 rings (SSSR count). The Morgan fingerprint density at radius 3 is 2.64 bits per heavy atom. The topological polar surface area (TPSA) is 109 Å². The zero-order chi connectivity index (χ0) is 19.8. The fourth-order valence-corrected chi connectivity index (χ4v) is 2.91. The van der Waals surface area contributed by atoms with E-state index in [1.165, 1.54) is 6.20 Å². The van der Waals surface area contributed by atoms with Gasteiger partial charge in [-0.1, -0.05) is 6.07 Å². The standard InChI is InChI=1S/C19H24N6O3/c1-2-28-19(27)25-9-6-14(7-10-25)24-17-13-21-16(12-22-17)18(26)23-11-15-5-3-4-8-20-15/h3-5,8,12-14H,2,6-7,9-11H2,1H3,(H,22,24)(H,23,26). The van der Waals surface area contributed by atoms with E-state index in [0.29, 0.717) is 32.1 Å². The lowest BCUT2D eigenvalue weighted by molar-refractivity contribution is 0.0944. The van der Waals surface area contributed by atoms with Gasteiger partial charge in [-0.3, -0.25) is 9.78 Å². The molecule has 2 aromatic rings. The van der Waals surface area contributed by atoms with Crippen LogP contribution in [0, 0.1) is 0 Å². The number of hydrogen-bond donors (Lipinski definition) is 2. The highest BCUT2D eigenvalue weighted by atomic mass is 16.6. The van der Waals surface area contributed by atoms with Crippen LogP contribution in [0.3, 0.4) is 0 Å². The quantitative estimate of drug-likeness (QED) is 0.782. The maximum Gasteiger partial charge on any atom is 0.409 e. The number of rotatable bonds is 6. The Labute approximate surface area is 163 Å². The molecule has 0 spiro atoms. The molecule has 2 aromatic heterocycles. The number of hydrogen-bond acceptors (Lipinski definition) is 7. The zero-order valence-electron chi connectivity index (χ0n) is 15.8. The highest BCUT2D eigenvalue weighted by molar-refractivity contribution is 5.91. The molecule has 9 heteroatoms. The van der Waals surface area contributed by atoms with Crippen LogP contribution < -0.4 is 10.6 Å². The van der Waals surface area contributed by atoms with E-state index in [4.69, 9.17) is 4.74 Å². The van der Waals surface area contributed by atoms with Crippen LogP contribution >= 0.6 is 0 Å². The number of nitrogens with one attached hydrogen (secondary N) is 2. The second-order valence-electron chi connectivity index (χ2n) is 6.40.